The minimum atomic E-state index is -1.37. The van der Waals surface area contributed by atoms with E-state index in [0.29, 0.717) is 5.92 Å². The van der Waals surface area contributed by atoms with Gasteiger partial charge in [-0.1, -0.05) is 71.3 Å². The maximum atomic E-state index is 2.54. The van der Waals surface area contributed by atoms with Crippen molar-refractivity contribution < 1.29 is 4.57 Å². The summed E-state index contributed by atoms with van der Waals surface area (Å²) >= 11 is 0. The van der Waals surface area contributed by atoms with E-state index < -0.39 is 8.07 Å². The van der Waals surface area contributed by atoms with Crippen LogP contribution in [0.25, 0.3) is 11.3 Å². The number of nitrogens with zero attached hydrogens (tertiary/aromatic N) is 1. The van der Waals surface area contributed by atoms with E-state index in [1.165, 1.54) is 54.5 Å². The van der Waals surface area contributed by atoms with Crippen LogP contribution < -0.4 is 9.75 Å². The third-order valence-corrected chi connectivity index (χ3v) is 8.43. The Hall–Kier alpha value is -1.41. The van der Waals surface area contributed by atoms with Crippen LogP contribution in [-0.2, 0) is 19.9 Å². The zero-order valence-electron chi connectivity index (χ0n) is 19.2. The highest BCUT2D eigenvalue weighted by Crippen LogP contribution is 2.30. The first-order valence-electron chi connectivity index (χ1n) is 11.3. The zero-order chi connectivity index (χ0) is 20.5. The lowest BCUT2D eigenvalue weighted by atomic mass is 9.94. The Labute approximate surface area is 174 Å². The minimum absolute atomic E-state index is 0.704. The van der Waals surface area contributed by atoms with Crippen LogP contribution in [-0.4, -0.2) is 8.07 Å². The zero-order valence-corrected chi connectivity index (χ0v) is 20.2. The van der Waals surface area contributed by atoms with Gasteiger partial charge in [-0.2, -0.15) is 0 Å². The lowest BCUT2D eigenvalue weighted by molar-refractivity contribution is -0.659. The number of aromatic nitrogens is 1. The van der Waals surface area contributed by atoms with E-state index in [9.17, 15) is 0 Å². The molecule has 1 aliphatic rings. The molecule has 0 atom stereocenters. The Morgan fingerprint density at radius 2 is 1.75 bits per heavy atom. The van der Waals surface area contributed by atoms with E-state index in [-0.39, 0.29) is 0 Å². The highest BCUT2D eigenvalue weighted by atomic mass is 28.3. The topological polar surface area (TPSA) is 3.88 Å². The Kier molecular flexibility index (Phi) is 6.49. The van der Waals surface area contributed by atoms with Crippen LogP contribution >= 0.6 is 0 Å². The van der Waals surface area contributed by atoms with Gasteiger partial charge in [0.05, 0.1) is 8.07 Å². The summed E-state index contributed by atoms with van der Waals surface area (Å²) in [5.74, 6) is 1.60. The normalized spacial score (nSPS) is 15.6. The molecule has 1 aromatic carbocycles. The van der Waals surface area contributed by atoms with Crippen molar-refractivity contribution in [1.82, 2.24) is 0 Å². The molecular weight excluding hydrogens is 354 g/mol. The first-order chi connectivity index (χ1) is 13.1. The van der Waals surface area contributed by atoms with Crippen molar-refractivity contribution in [3.05, 3.63) is 47.2 Å². The molecule has 2 aromatic rings. The van der Waals surface area contributed by atoms with E-state index >= 15 is 0 Å². The third-order valence-electron chi connectivity index (χ3n) is 6.36. The molecule has 1 heterocycles. The van der Waals surface area contributed by atoms with Crippen LogP contribution in [0.4, 0.5) is 0 Å². The number of aryl methyl sites for hydroxylation is 2. The molecule has 1 aromatic heterocycles. The molecule has 0 spiro atoms. The average Bonchev–Trinajstić information content (AvgIpc) is 3.08. The van der Waals surface area contributed by atoms with Gasteiger partial charge in [-0.05, 0) is 54.4 Å². The molecule has 1 fully saturated rings. The van der Waals surface area contributed by atoms with E-state index in [2.05, 4.69) is 82.5 Å². The largest absolute Gasteiger partial charge is 0.212 e. The molecule has 1 saturated carbocycles. The van der Waals surface area contributed by atoms with Crippen LogP contribution in [0.15, 0.2) is 30.5 Å². The lowest BCUT2D eigenvalue weighted by Crippen LogP contribution is -2.47. The number of hydrogen-bond acceptors (Lipinski definition) is 0. The van der Waals surface area contributed by atoms with Gasteiger partial charge < -0.3 is 0 Å². The number of benzene rings is 1. The summed E-state index contributed by atoms with van der Waals surface area (Å²) in [7, 11) is 0.869. The Morgan fingerprint density at radius 3 is 2.32 bits per heavy atom. The molecule has 3 rings (SSSR count). The summed E-state index contributed by atoms with van der Waals surface area (Å²) in [6.07, 6.45) is 10.6. The van der Waals surface area contributed by atoms with Crippen molar-refractivity contribution in [2.45, 2.75) is 78.9 Å². The summed E-state index contributed by atoms with van der Waals surface area (Å²) in [6.45, 7) is 14.4. The molecule has 0 unspecified atom stereocenters. The maximum Gasteiger partial charge on any atom is 0.212 e. The van der Waals surface area contributed by atoms with Gasteiger partial charge in [0.1, 0.15) is 7.05 Å². The van der Waals surface area contributed by atoms with Crippen molar-refractivity contribution >= 4 is 13.3 Å². The summed E-state index contributed by atoms with van der Waals surface area (Å²) in [4.78, 5) is 0. The van der Waals surface area contributed by atoms with Crippen molar-refractivity contribution in [2.24, 2.45) is 18.9 Å². The van der Waals surface area contributed by atoms with Crippen LogP contribution in [0.3, 0.4) is 0 Å². The van der Waals surface area contributed by atoms with Crippen LogP contribution in [0, 0.1) is 18.8 Å². The molecule has 152 valence electrons. The van der Waals surface area contributed by atoms with Crippen molar-refractivity contribution in [2.75, 3.05) is 0 Å². The predicted molar refractivity (Wildman–Crippen MR) is 125 cm³/mol. The van der Waals surface area contributed by atoms with Gasteiger partial charge in [0.15, 0.2) is 6.20 Å². The van der Waals surface area contributed by atoms with Gasteiger partial charge in [-0.3, -0.25) is 0 Å². The fourth-order valence-corrected chi connectivity index (χ4v) is 6.66. The Bertz CT molecular complexity index is 823. The molecule has 0 amide bonds. The number of hydrogen-bond donors (Lipinski definition) is 0. The van der Waals surface area contributed by atoms with Crippen molar-refractivity contribution in [3.63, 3.8) is 0 Å². The summed E-state index contributed by atoms with van der Waals surface area (Å²) in [5.41, 5.74) is 7.27. The van der Waals surface area contributed by atoms with Gasteiger partial charge in [0.25, 0.3) is 0 Å². The van der Waals surface area contributed by atoms with Crippen LogP contribution in [0.2, 0.25) is 19.6 Å². The van der Waals surface area contributed by atoms with Crippen molar-refractivity contribution in [1.29, 1.82) is 0 Å². The summed E-state index contributed by atoms with van der Waals surface area (Å²) < 4.78 is 2.39. The Morgan fingerprint density at radius 1 is 1.07 bits per heavy atom. The molecule has 0 saturated heterocycles. The van der Waals surface area contributed by atoms with Gasteiger partial charge in [0.2, 0.25) is 5.69 Å². The SMILES string of the molecule is Cc1cc(CC(C)C)ccc1-c1cc(CC2CCCC2)c([Si](C)(C)C)c[n+]1C. The molecule has 28 heavy (non-hydrogen) atoms. The molecule has 2 heteroatoms. The molecule has 1 nitrogen and oxygen atoms in total. The predicted octanol–water partition coefficient (Wildman–Crippen LogP) is 5.96. The molecule has 0 N–H and O–H groups in total. The smallest absolute Gasteiger partial charge is 0.201 e. The van der Waals surface area contributed by atoms with Gasteiger partial charge in [-0.25, -0.2) is 4.57 Å². The number of rotatable bonds is 6. The second-order valence-corrected chi connectivity index (χ2v) is 15.6. The van der Waals surface area contributed by atoms with Gasteiger partial charge in [0, 0.05) is 16.8 Å². The standard InChI is InChI=1S/C26H40NSi/c1-19(2)14-22-12-13-24(20(3)15-22)25-17-23(16-21-10-8-9-11-21)26(18-27(25)4)28(5,6)7/h12-13,15,17-19,21H,8-11,14,16H2,1-7H3/q+1. The second-order valence-electron chi connectivity index (χ2n) is 10.6. The summed E-state index contributed by atoms with van der Waals surface area (Å²) in [5, 5.41) is 1.65. The van der Waals surface area contributed by atoms with Gasteiger partial charge in [-0.15, -0.1) is 0 Å². The quantitative estimate of drug-likeness (QED) is 0.420. The number of pyridine rings is 1. The monoisotopic (exact) mass is 394 g/mol. The third kappa shape index (κ3) is 4.95. The molecule has 0 aliphatic heterocycles. The Balaban J connectivity index is 2.03. The van der Waals surface area contributed by atoms with E-state index in [1.54, 1.807) is 10.8 Å². The second kappa shape index (κ2) is 8.53. The van der Waals surface area contributed by atoms with E-state index in [4.69, 9.17) is 0 Å². The highest BCUT2D eigenvalue weighted by Gasteiger charge is 2.28. The van der Waals surface area contributed by atoms with E-state index in [1.807, 2.05) is 0 Å². The maximum absolute atomic E-state index is 2.54. The van der Waals surface area contributed by atoms with E-state index in [0.717, 1.165) is 12.3 Å². The molecule has 0 radical (unpaired) electrons. The molecular formula is C26H40NSi+. The van der Waals surface area contributed by atoms with Crippen LogP contribution in [0.5, 0.6) is 0 Å². The molecule has 0 bridgehead atoms. The highest BCUT2D eigenvalue weighted by molar-refractivity contribution is 6.88. The van der Waals surface area contributed by atoms with Gasteiger partial charge >= 0.3 is 0 Å². The van der Waals surface area contributed by atoms with Crippen molar-refractivity contribution in [3.8, 4) is 11.3 Å². The first-order valence-corrected chi connectivity index (χ1v) is 14.8. The lowest BCUT2D eigenvalue weighted by Gasteiger charge is -2.22. The first kappa shape index (κ1) is 21.3. The fraction of sp³-hybridized carbons (Fsp3) is 0.577. The fourth-order valence-electron chi connectivity index (χ4n) is 4.94. The molecule has 1 aliphatic carbocycles. The van der Waals surface area contributed by atoms with Crippen LogP contribution in [0.1, 0.15) is 56.2 Å². The summed E-state index contributed by atoms with van der Waals surface area (Å²) in [6, 6.07) is 9.63. The average molecular weight is 395 g/mol. The minimum Gasteiger partial charge on any atom is -0.201 e.